The van der Waals surface area contributed by atoms with E-state index < -0.39 is 0 Å². The van der Waals surface area contributed by atoms with E-state index in [0.717, 1.165) is 37.1 Å². The first-order valence-electron chi connectivity index (χ1n) is 6.62. The summed E-state index contributed by atoms with van der Waals surface area (Å²) in [4.78, 5) is 12.0. The summed E-state index contributed by atoms with van der Waals surface area (Å²) < 4.78 is 5.09. The van der Waals surface area contributed by atoms with E-state index in [1.165, 1.54) is 0 Å². The molecule has 1 aromatic heterocycles. The van der Waals surface area contributed by atoms with E-state index in [1.807, 2.05) is 13.8 Å². The Balaban J connectivity index is 1.96. The minimum atomic E-state index is 0.0124. The topological polar surface area (TPSA) is 81.2 Å². The van der Waals surface area contributed by atoms with Gasteiger partial charge in [0.2, 0.25) is 5.91 Å². The second-order valence-electron chi connectivity index (χ2n) is 5.02. The van der Waals surface area contributed by atoms with Crippen molar-refractivity contribution in [2.75, 3.05) is 5.32 Å². The van der Waals surface area contributed by atoms with Crippen LogP contribution in [0.2, 0.25) is 0 Å². The predicted molar refractivity (Wildman–Crippen MR) is 69.2 cm³/mol. The zero-order valence-corrected chi connectivity index (χ0v) is 11.0. The highest BCUT2D eigenvalue weighted by Crippen LogP contribution is 2.28. The molecule has 100 valence electrons. The van der Waals surface area contributed by atoms with Gasteiger partial charge >= 0.3 is 0 Å². The average molecular weight is 251 g/mol. The van der Waals surface area contributed by atoms with Crippen molar-refractivity contribution in [2.45, 2.75) is 52.0 Å². The standard InChI is InChI=1S/C13H21N3O2/c1-3-11-13(8(2)18-16-11)15-12(17)7-9-5-4-6-10(9)14/h9-10H,3-7,14H2,1-2H3,(H,15,17)/t9-,10+/m0/s1. The first kappa shape index (κ1) is 13.1. The number of carbonyl (C=O) groups excluding carboxylic acids is 1. The molecule has 0 saturated heterocycles. The molecule has 1 fully saturated rings. The quantitative estimate of drug-likeness (QED) is 0.857. The van der Waals surface area contributed by atoms with E-state index in [-0.39, 0.29) is 11.9 Å². The third kappa shape index (κ3) is 2.72. The fourth-order valence-electron chi connectivity index (χ4n) is 2.57. The van der Waals surface area contributed by atoms with Gasteiger partial charge in [-0.05, 0) is 32.1 Å². The van der Waals surface area contributed by atoms with Crippen molar-refractivity contribution in [1.82, 2.24) is 5.16 Å². The largest absolute Gasteiger partial charge is 0.359 e. The molecule has 1 aromatic rings. The molecule has 18 heavy (non-hydrogen) atoms. The summed E-state index contributed by atoms with van der Waals surface area (Å²) in [5, 5.41) is 6.83. The molecule has 0 unspecified atom stereocenters. The van der Waals surface area contributed by atoms with E-state index in [2.05, 4.69) is 10.5 Å². The van der Waals surface area contributed by atoms with Crippen LogP contribution in [-0.2, 0) is 11.2 Å². The Kier molecular flexibility index (Phi) is 4.01. The van der Waals surface area contributed by atoms with E-state index in [0.29, 0.717) is 18.1 Å². The molecule has 2 rings (SSSR count). The molecule has 1 heterocycles. The maximum absolute atomic E-state index is 12.0. The zero-order valence-electron chi connectivity index (χ0n) is 11.0. The molecule has 0 bridgehead atoms. The minimum absolute atomic E-state index is 0.0124. The van der Waals surface area contributed by atoms with Crippen LogP contribution in [0.25, 0.3) is 0 Å². The summed E-state index contributed by atoms with van der Waals surface area (Å²) >= 11 is 0. The number of nitrogens with zero attached hydrogens (tertiary/aromatic N) is 1. The van der Waals surface area contributed by atoms with Gasteiger partial charge in [0.15, 0.2) is 5.76 Å². The van der Waals surface area contributed by atoms with Crippen molar-refractivity contribution < 1.29 is 9.32 Å². The van der Waals surface area contributed by atoms with Crippen LogP contribution in [0.1, 0.15) is 44.1 Å². The van der Waals surface area contributed by atoms with Crippen LogP contribution in [-0.4, -0.2) is 17.1 Å². The lowest BCUT2D eigenvalue weighted by molar-refractivity contribution is -0.117. The summed E-state index contributed by atoms with van der Waals surface area (Å²) in [6, 6.07) is 0.171. The van der Waals surface area contributed by atoms with Crippen LogP contribution in [0, 0.1) is 12.8 Å². The van der Waals surface area contributed by atoms with Gasteiger partial charge in [-0.15, -0.1) is 0 Å². The van der Waals surface area contributed by atoms with E-state index >= 15 is 0 Å². The normalized spacial score (nSPS) is 23.3. The highest BCUT2D eigenvalue weighted by Gasteiger charge is 2.26. The van der Waals surface area contributed by atoms with E-state index in [1.54, 1.807) is 0 Å². The number of hydrogen-bond acceptors (Lipinski definition) is 4. The van der Waals surface area contributed by atoms with Crippen LogP contribution in [0.3, 0.4) is 0 Å². The van der Waals surface area contributed by atoms with Gasteiger partial charge in [-0.25, -0.2) is 0 Å². The van der Waals surface area contributed by atoms with Gasteiger partial charge in [0.05, 0.1) is 0 Å². The second-order valence-corrected chi connectivity index (χ2v) is 5.02. The first-order chi connectivity index (χ1) is 8.61. The number of aromatic nitrogens is 1. The number of anilines is 1. The van der Waals surface area contributed by atoms with Gasteiger partial charge in [0.25, 0.3) is 0 Å². The molecule has 1 aliphatic carbocycles. The zero-order chi connectivity index (χ0) is 13.1. The molecule has 3 N–H and O–H groups in total. The fraction of sp³-hybridized carbons (Fsp3) is 0.692. The third-order valence-corrected chi connectivity index (χ3v) is 3.70. The Morgan fingerprint density at radius 1 is 1.56 bits per heavy atom. The Bertz CT molecular complexity index is 428. The molecule has 0 aliphatic heterocycles. The molecular formula is C13H21N3O2. The molecule has 5 nitrogen and oxygen atoms in total. The van der Waals surface area contributed by atoms with Crippen molar-refractivity contribution in [3.63, 3.8) is 0 Å². The van der Waals surface area contributed by atoms with Crippen LogP contribution < -0.4 is 11.1 Å². The fourth-order valence-corrected chi connectivity index (χ4v) is 2.57. The van der Waals surface area contributed by atoms with Crippen LogP contribution in [0.4, 0.5) is 5.69 Å². The molecule has 1 amide bonds. The number of nitrogens with two attached hydrogens (primary N) is 1. The number of hydrogen-bond donors (Lipinski definition) is 2. The third-order valence-electron chi connectivity index (χ3n) is 3.70. The second kappa shape index (κ2) is 5.52. The lowest BCUT2D eigenvalue weighted by Gasteiger charge is -2.14. The monoisotopic (exact) mass is 251 g/mol. The summed E-state index contributed by atoms with van der Waals surface area (Å²) in [5.41, 5.74) is 7.51. The molecule has 0 spiro atoms. The highest BCUT2D eigenvalue weighted by atomic mass is 16.5. The number of amides is 1. The lowest BCUT2D eigenvalue weighted by atomic mass is 10.00. The molecule has 5 heteroatoms. The van der Waals surface area contributed by atoms with Gasteiger partial charge in [-0.2, -0.15) is 0 Å². The number of nitrogens with one attached hydrogen (secondary N) is 1. The lowest BCUT2D eigenvalue weighted by Crippen LogP contribution is -2.28. The summed E-state index contributed by atoms with van der Waals surface area (Å²) in [6.07, 6.45) is 4.46. The van der Waals surface area contributed by atoms with Crippen molar-refractivity contribution >= 4 is 11.6 Å². The Labute approximate surface area is 107 Å². The van der Waals surface area contributed by atoms with Crippen molar-refractivity contribution in [3.05, 3.63) is 11.5 Å². The molecular weight excluding hydrogens is 230 g/mol. The molecule has 1 aliphatic rings. The Morgan fingerprint density at radius 3 is 2.94 bits per heavy atom. The minimum Gasteiger partial charge on any atom is -0.359 e. The molecule has 2 atom stereocenters. The SMILES string of the molecule is CCc1noc(C)c1NC(=O)C[C@@H]1CCC[C@H]1N. The van der Waals surface area contributed by atoms with Crippen molar-refractivity contribution in [3.8, 4) is 0 Å². The number of aryl methyl sites for hydroxylation is 2. The molecule has 1 saturated carbocycles. The van der Waals surface area contributed by atoms with E-state index in [4.69, 9.17) is 10.3 Å². The van der Waals surface area contributed by atoms with Gasteiger partial charge < -0.3 is 15.6 Å². The predicted octanol–water partition coefficient (Wildman–Crippen LogP) is 2.00. The summed E-state index contributed by atoms with van der Waals surface area (Å²) in [7, 11) is 0. The van der Waals surface area contributed by atoms with E-state index in [9.17, 15) is 4.79 Å². The van der Waals surface area contributed by atoms with Gasteiger partial charge in [0, 0.05) is 12.5 Å². The number of rotatable bonds is 4. The van der Waals surface area contributed by atoms with Gasteiger partial charge in [0.1, 0.15) is 11.4 Å². The maximum Gasteiger partial charge on any atom is 0.224 e. The summed E-state index contributed by atoms with van der Waals surface area (Å²) in [5.74, 6) is 0.990. The van der Waals surface area contributed by atoms with Crippen molar-refractivity contribution in [2.24, 2.45) is 11.7 Å². The summed E-state index contributed by atoms with van der Waals surface area (Å²) in [6.45, 7) is 3.79. The highest BCUT2D eigenvalue weighted by molar-refractivity contribution is 5.91. The van der Waals surface area contributed by atoms with Gasteiger partial charge in [-0.3, -0.25) is 4.79 Å². The van der Waals surface area contributed by atoms with Crippen LogP contribution in [0.5, 0.6) is 0 Å². The molecule has 0 aromatic carbocycles. The van der Waals surface area contributed by atoms with Crippen LogP contribution in [0.15, 0.2) is 4.52 Å². The maximum atomic E-state index is 12.0. The van der Waals surface area contributed by atoms with Gasteiger partial charge in [-0.1, -0.05) is 18.5 Å². The van der Waals surface area contributed by atoms with Crippen LogP contribution >= 0.6 is 0 Å². The van der Waals surface area contributed by atoms with Crippen molar-refractivity contribution in [1.29, 1.82) is 0 Å². The average Bonchev–Trinajstić information content (AvgIpc) is 2.88. The first-order valence-corrected chi connectivity index (χ1v) is 6.62. The molecule has 0 radical (unpaired) electrons. The Morgan fingerprint density at radius 2 is 2.33 bits per heavy atom. The smallest absolute Gasteiger partial charge is 0.224 e. The Hall–Kier alpha value is -1.36. The number of carbonyl (C=O) groups is 1.